The van der Waals surface area contributed by atoms with Gasteiger partial charge in [-0.3, -0.25) is 0 Å². The molecule has 3 rings (SSSR count). The number of carboxylic acids is 1. The summed E-state index contributed by atoms with van der Waals surface area (Å²) in [7, 11) is 0. The molecule has 0 aliphatic carbocycles. The highest BCUT2D eigenvalue weighted by atomic mass is 19.4. The first kappa shape index (κ1) is 19.5. The molecule has 1 unspecified atom stereocenters. The topological polar surface area (TPSA) is 89.8 Å². The summed E-state index contributed by atoms with van der Waals surface area (Å²) in [6, 6.07) is 9.39. The molecule has 0 aromatic heterocycles. The lowest BCUT2D eigenvalue weighted by Crippen LogP contribution is -2.30. The van der Waals surface area contributed by atoms with E-state index < -0.39 is 12.1 Å². The zero-order valence-corrected chi connectivity index (χ0v) is 13.2. The molecule has 0 amide bonds. The highest BCUT2D eigenvalue weighted by Gasteiger charge is 2.38. The molecule has 5 nitrogen and oxygen atoms in total. The number of nitrogens with one attached hydrogen (secondary N) is 1. The van der Waals surface area contributed by atoms with Crippen molar-refractivity contribution in [1.29, 1.82) is 0 Å². The molecule has 1 heterocycles. The van der Waals surface area contributed by atoms with E-state index in [4.69, 9.17) is 9.90 Å². The number of carboxylic acid groups (broad SMARTS) is 1. The smallest absolute Gasteiger partial charge is 0.490 e. The van der Waals surface area contributed by atoms with Crippen LogP contribution in [0.3, 0.4) is 0 Å². The number of alkyl halides is 3. The molecule has 0 saturated heterocycles. The second-order valence-electron chi connectivity index (χ2n) is 5.53. The lowest BCUT2D eigenvalue weighted by molar-refractivity contribution is -0.192. The Labute approximate surface area is 145 Å². The molecule has 9 heteroatoms. The fraction of sp³-hybridized carbons (Fsp3) is 0.235. The van der Waals surface area contributed by atoms with Crippen LogP contribution in [-0.4, -0.2) is 34.0 Å². The minimum absolute atomic E-state index is 0.0872. The Morgan fingerprint density at radius 1 is 1.08 bits per heavy atom. The molecule has 1 atom stereocenters. The van der Waals surface area contributed by atoms with Gasteiger partial charge in [-0.15, -0.1) is 0 Å². The first-order chi connectivity index (χ1) is 12.1. The third-order valence-electron chi connectivity index (χ3n) is 3.74. The molecule has 0 radical (unpaired) electrons. The van der Waals surface area contributed by atoms with Crippen molar-refractivity contribution in [3.63, 3.8) is 0 Å². The average Bonchev–Trinajstić information content (AvgIpc) is 2.56. The Balaban J connectivity index is 0.000000298. The van der Waals surface area contributed by atoms with Crippen LogP contribution in [0.4, 0.5) is 17.6 Å². The van der Waals surface area contributed by atoms with Crippen LogP contribution in [0.5, 0.6) is 11.5 Å². The number of benzene rings is 2. The maximum atomic E-state index is 13.0. The summed E-state index contributed by atoms with van der Waals surface area (Å²) in [6.07, 6.45) is -4.29. The fourth-order valence-electron chi connectivity index (χ4n) is 2.54. The largest absolute Gasteiger partial charge is 0.504 e. The summed E-state index contributed by atoms with van der Waals surface area (Å²) in [5.74, 6) is -3.26. The van der Waals surface area contributed by atoms with Crippen LogP contribution in [0, 0.1) is 5.82 Å². The number of aliphatic carboxylic acids is 1. The van der Waals surface area contributed by atoms with E-state index in [1.165, 1.54) is 12.1 Å². The van der Waals surface area contributed by atoms with E-state index in [1.807, 2.05) is 0 Å². The SMILES string of the molecule is O=C(O)C(F)(F)F.Oc1cc2c(cc1O)C(c1ccc(F)cc1)NCC2. The van der Waals surface area contributed by atoms with Gasteiger partial charge < -0.3 is 20.6 Å². The third-order valence-corrected chi connectivity index (χ3v) is 3.74. The molecule has 26 heavy (non-hydrogen) atoms. The number of hydrogen-bond acceptors (Lipinski definition) is 4. The standard InChI is InChI=1S/C15H14FNO2.C2HF3O2/c16-11-3-1-9(2-4-11)15-12-8-14(19)13(18)7-10(12)5-6-17-15;3-2(4,5)1(6)7/h1-4,7-8,15,17-19H,5-6H2;(H,6,7). The molecule has 2 aromatic rings. The number of fused-ring (bicyclic) bond motifs is 1. The summed E-state index contributed by atoms with van der Waals surface area (Å²) >= 11 is 0. The van der Waals surface area contributed by atoms with Crippen LogP contribution in [0.25, 0.3) is 0 Å². The zero-order chi connectivity index (χ0) is 19.5. The van der Waals surface area contributed by atoms with E-state index >= 15 is 0 Å². The van der Waals surface area contributed by atoms with Crippen molar-refractivity contribution in [2.45, 2.75) is 18.6 Å². The van der Waals surface area contributed by atoms with Crippen molar-refractivity contribution in [3.05, 3.63) is 58.9 Å². The summed E-state index contributed by atoms with van der Waals surface area (Å²) in [6.45, 7) is 0.777. The number of hydrogen-bond donors (Lipinski definition) is 4. The maximum Gasteiger partial charge on any atom is 0.490 e. The molecule has 0 spiro atoms. The second-order valence-corrected chi connectivity index (χ2v) is 5.53. The third kappa shape index (κ3) is 4.63. The van der Waals surface area contributed by atoms with Crippen LogP contribution < -0.4 is 5.32 Å². The minimum Gasteiger partial charge on any atom is -0.504 e. The second kappa shape index (κ2) is 7.61. The number of carbonyl (C=O) groups is 1. The molecule has 0 bridgehead atoms. The van der Waals surface area contributed by atoms with E-state index in [0.29, 0.717) is 0 Å². The summed E-state index contributed by atoms with van der Waals surface area (Å²) in [5, 5.41) is 29.7. The van der Waals surface area contributed by atoms with Crippen LogP contribution in [0.15, 0.2) is 36.4 Å². The van der Waals surface area contributed by atoms with Crippen molar-refractivity contribution in [2.24, 2.45) is 0 Å². The first-order valence-electron chi connectivity index (χ1n) is 7.43. The molecule has 0 saturated carbocycles. The highest BCUT2D eigenvalue weighted by Crippen LogP contribution is 2.36. The van der Waals surface area contributed by atoms with Gasteiger partial charge in [-0.2, -0.15) is 13.2 Å². The number of phenols is 2. The Morgan fingerprint density at radius 2 is 1.62 bits per heavy atom. The average molecular weight is 373 g/mol. The predicted molar refractivity (Wildman–Crippen MR) is 83.4 cm³/mol. The monoisotopic (exact) mass is 373 g/mol. The van der Waals surface area contributed by atoms with Crippen LogP contribution in [0.2, 0.25) is 0 Å². The molecule has 2 aromatic carbocycles. The van der Waals surface area contributed by atoms with E-state index in [1.54, 1.807) is 24.3 Å². The first-order valence-corrected chi connectivity index (χ1v) is 7.43. The zero-order valence-electron chi connectivity index (χ0n) is 13.2. The van der Waals surface area contributed by atoms with E-state index in [2.05, 4.69) is 5.32 Å². The van der Waals surface area contributed by atoms with Gasteiger partial charge >= 0.3 is 12.1 Å². The predicted octanol–water partition coefficient (Wildman–Crippen LogP) is 3.11. The minimum atomic E-state index is -5.08. The van der Waals surface area contributed by atoms with Gasteiger partial charge in [0, 0.05) is 6.54 Å². The molecule has 4 N–H and O–H groups in total. The maximum absolute atomic E-state index is 13.0. The van der Waals surface area contributed by atoms with Crippen LogP contribution in [0.1, 0.15) is 22.7 Å². The number of rotatable bonds is 1. The number of aromatic hydroxyl groups is 2. The van der Waals surface area contributed by atoms with Crippen LogP contribution >= 0.6 is 0 Å². The lowest BCUT2D eigenvalue weighted by Gasteiger charge is -2.27. The van der Waals surface area contributed by atoms with Crippen LogP contribution in [-0.2, 0) is 11.2 Å². The molecular weight excluding hydrogens is 358 g/mol. The highest BCUT2D eigenvalue weighted by molar-refractivity contribution is 5.73. The molecular formula is C17H15F4NO4. The van der Waals surface area contributed by atoms with Gasteiger partial charge in [-0.05, 0) is 47.4 Å². The number of halogens is 4. The summed E-state index contributed by atoms with van der Waals surface area (Å²) < 4.78 is 44.7. The molecule has 140 valence electrons. The van der Waals surface area contributed by atoms with E-state index in [0.717, 1.165) is 29.7 Å². The lowest BCUT2D eigenvalue weighted by atomic mass is 9.89. The molecule has 0 fully saturated rings. The van der Waals surface area contributed by atoms with Gasteiger partial charge in [-0.25, -0.2) is 9.18 Å². The van der Waals surface area contributed by atoms with E-state index in [9.17, 15) is 27.8 Å². The van der Waals surface area contributed by atoms with Gasteiger partial charge in [0.2, 0.25) is 0 Å². The Bertz CT molecular complexity index is 791. The Morgan fingerprint density at radius 3 is 2.15 bits per heavy atom. The Kier molecular flexibility index (Phi) is 5.71. The van der Waals surface area contributed by atoms with Gasteiger partial charge in [0.25, 0.3) is 0 Å². The normalized spacial score (nSPS) is 16.2. The van der Waals surface area contributed by atoms with Crippen molar-refractivity contribution in [3.8, 4) is 11.5 Å². The molecule has 1 aliphatic rings. The van der Waals surface area contributed by atoms with Gasteiger partial charge in [0.05, 0.1) is 6.04 Å². The summed E-state index contributed by atoms with van der Waals surface area (Å²) in [4.78, 5) is 8.90. The Hall–Kier alpha value is -2.81. The summed E-state index contributed by atoms with van der Waals surface area (Å²) in [5.41, 5.74) is 2.86. The quantitative estimate of drug-likeness (QED) is 0.456. The van der Waals surface area contributed by atoms with Crippen molar-refractivity contribution < 1.29 is 37.7 Å². The van der Waals surface area contributed by atoms with Crippen molar-refractivity contribution in [2.75, 3.05) is 6.54 Å². The van der Waals surface area contributed by atoms with Gasteiger partial charge in [0.1, 0.15) is 5.82 Å². The van der Waals surface area contributed by atoms with E-state index in [-0.39, 0.29) is 23.4 Å². The van der Waals surface area contributed by atoms with Crippen molar-refractivity contribution >= 4 is 5.97 Å². The van der Waals surface area contributed by atoms with Gasteiger partial charge in [-0.1, -0.05) is 12.1 Å². The van der Waals surface area contributed by atoms with Gasteiger partial charge in [0.15, 0.2) is 11.5 Å². The number of phenolic OH excluding ortho intramolecular Hbond substituents is 2. The van der Waals surface area contributed by atoms with Crippen molar-refractivity contribution in [1.82, 2.24) is 5.32 Å². The fourth-order valence-corrected chi connectivity index (χ4v) is 2.54. The molecule has 1 aliphatic heterocycles.